The first-order valence-corrected chi connectivity index (χ1v) is 9.54. The van der Waals surface area contributed by atoms with E-state index in [0.29, 0.717) is 36.6 Å². The minimum absolute atomic E-state index is 0.250. The molecular formula is C18H19FN2O3S. The highest BCUT2D eigenvalue weighted by atomic mass is 32.2. The minimum Gasteiger partial charge on any atom is -0.494 e. The number of nitriles is 1. The zero-order chi connectivity index (χ0) is 18.4. The van der Waals surface area contributed by atoms with E-state index in [4.69, 9.17) is 10.00 Å². The maximum Gasteiger partial charge on any atom is 0.175 e. The van der Waals surface area contributed by atoms with Crippen LogP contribution in [0.3, 0.4) is 0 Å². The molecular weight excluding hydrogens is 343 g/mol. The van der Waals surface area contributed by atoms with Gasteiger partial charge in [0.2, 0.25) is 0 Å². The molecule has 0 fully saturated rings. The van der Waals surface area contributed by atoms with Crippen LogP contribution in [0.15, 0.2) is 47.4 Å². The summed E-state index contributed by atoms with van der Waals surface area (Å²) in [6.45, 7) is 1.06. The second-order valence-corrected chi connectivity index (χ2v) is 7.66. The predicted octanol–water partition coefficient (Wildman–Crippen LogP) is 3.01. The Hall–Kier alpha value is -2.59. The van der Waals surface area contributed by atoms with E-state index in [9.17, 15) is 12.8 Å². The molecule has 25 heavy (non-hydrogen) atoms. The predicted molar refractivity (Wildman–Crippen MR) is 94.0 cm³/mol. The number of ether oxygens (including phenoxy) is 1. The summed E-state index contributed by atoms with van der Waals surface area (Å²) < 4.78 is 41.5. The Morgan fingerprint density at radius 1 is 1.20 bits per heavy atom. The van der Waals surface area contributed by atoms with Gasteiger partial charge in [-0.25, -0.2) is 12.8 Å². The SMILES string of the molecule is CN(CCCOc1ccc(S(C)(=O)=O)cc1)c1ccc(F)cc1C#N. The van der Waals surface area contributed by atoms with Crippen LogP contribution >= 0.6 is 0 Å². The zero-order valence-corrected chi connectivity index (χ0v) is 14.9. The third kappa shape index (κ3) is 5.19. The Labute approximate surface area is 147 Å². The van der Waals surface area contributed by atoms with Gasteiger partial charge in [0.15, 0.2) is 9.84 Å². The minimum atomic E-state index is -3.21. The molecule has 0 aliphatic rings. The number of benzene rings is 2. The largest absolute Gasteiger partial charge is 0.494 e. The molecule has 0 aromatic heterocycles. The number of hydrogen-bond donors (Lipinski definition) is 0. The van der Waals surface area contributed by atoms with Gasteiger partial charge in [-0.1, -0.05) is 0 Å². The molecule has 0 saturated carbocycles. The first kappa shape index (κ1) is 18.7. The van der Waals surface area contributed by atoms with E-state index in [-0.39, 0.29) is 4.90 Å². The van der Waals surface area contributed by atoms with Gasteiger partial charge in [-0.3, -0.25) is 0 Å². The Kier molecular flexibility index (Phi) is 5.99. The lowest BCUT2D eigenvalue weighted by Gasteiger charge is -2.20. The van der Waals surface area contributed by atoms with Crippen molar-refractivity contribution in [3.05, 3.63) is 53.8 Å². The van der Waals surface area contributed by atoms with Gasteiger partial charge < -0.3 is 9.64 Å². The summed E-state index contributed by atoms with van der Waals surface area (Å²) in [5.74, 6) is 0.157. The summed E-state index contributed by atoms with van der Waals surface area (Å²) in [5.41, 5.74) is 0.959. The fourth-order valence-corrected chi connectivity index (χ4v) is 2.96. The van der Waals surface area contributed by atoms with Crippen LogP contribution in [-0.2, 0) is 9.84 Å². The Bertz CT molecular complexity index is 874. The van der Waals surface area contributed by atoms with Gasteiger partial charge in [-0.15, -0.1) is 0 Å². The topological polar surface area (TPSA) is 70.4 Å². The lowest BCUT2D eigenvalue weighted by Crippen LogP contribution is -2.21. The number of nitrogens with zero attached hydrogens (tertiary/aromatic N) is 2. The van der Waals surface area contributed by atoms with Crippen LogP contribution in [0.1, 0.15) is 12.0 Å². The van der Waals surface area contributed by atoms with Crippen LogP contribution in [0.25, 0.3) is 0 Å². The average molecular weight is 362 g/mol. The van der Waals surface area contributed by atoms with Crippen molar-refractivity contribution in [3.63, 3.8) is 0 Å². The van der Waals surface area contributed by atoms with Crippen LogP contribution in [0.2, 0.25) is 0 Å². The molecule has 2 rings (SSSR count). The molecule has 0 atom stereocenters. The first-order chi connectivity index (χ1) is 11.8. The average Bonchev–Trinajstić information content (AvgIpc) is 2.58. The molecule has 5 nitrogen and oxygen atoms in total. The lowest BCUT2D eigenvalue weighted by atomic mass is 10.1. The van der Waals surface area contributed by atoms with Crippen LogP contribution in [0, 0.1) is 17.1 Å². The normalized spacial score (nSPS) is 11.0. The Balaban J connectivity index is 1.86. The second kappa shape index (κ2) is 7.99. The molecule has 0 heterocycles. The van der Waals surface area contributed by atoms with E-state index in [1.807, 2.05) is 18.0 Å². The number of hydrogen-bond acceptors (Lipinski definition) is 5. The maximum absolute atomic E-state index is 13.2. The van der Waals surface area contributed by atoms with Crippen molar-refractivity contribution in [1.29, 1.82) is 5.26 Å². The molecule has 0 aliphatic heterocycles. The molecule has 0 radical (unpaired) electrons. The van der Waals surface area contributed by atoms with Crippen LogP contribution in [0.5, 0.6) is 5.75 Å². The lowest BCUT2D eigenvalue weighted by molar-refractivity contribution is 0.312. The van der Waals surface area contributed by atoms with Crippen molar-refractivity contribution in [2.75, 3.05) is 31.4 Å². The van der Waals surface area contributed by atoms with Gasteiger partial charge in [-0.2, -0.15) is 5.26 Å². The first-order valence-electron chi connectivity index (χ1n) is 7.65. The fourth-order valence-electron chi connectivity index (χ4n) is 2.33. The van der Waals surface area contributed by atoms with Crippen LogP contribution in [0.4, 0.5) is 10.1 Å². The molecule has 2 aromatic rings. The molecule has 2 aromatic carbocycles. The molecule has 0 bridgehead atoms. The van der Waals surface area contributed by atoms with E-state index >= 15 is 0 Å². The van der Waals surface area contributed by atoms with Gasteiger partial charge in [0.05, 0.1) is 22.8 Å². The van der Waals surface area contributed by atoms with Gasteiger partial charge >= 0.3 is 0 Å². The van der Waals surface area contributed by atoms with E-state index < -0.39 is 15.7 Å². The summed E-state index contributed by atoms with van der Waals surface area (Å²) in [4.78, 5) is 2.12. The van der Waals surface area contributed by atoms with Crippen molar-refractivity contribution in [2.24, 2.45) is 0 Å². The highest BCUT2D eigenvalue weighted by Gasteiger charge is 2.09. The van der Waals surface area contributed by atoms with Gasteiger partial charge in [0.25, 0.3) is 0 Å². The number of anilines is 1. The number of rotatable bonds is 7. The molecule has 132 valence electrons. The van der Waals surface area contributed by atoms with Crippen LogP contribution < -0.4 is 9.64 Å². The van der Waals surface area contributed by atoms with Crippen molar-refractivity contribution in [1.82, 2.24) is 0 Å². The van der Waals surface area contributed by atoms with Gasteiger partial charge in [0.1, 0.15) is 17.6 Å². The smallest absolute Gasteiger partial charge is 0.175 e. The molecule has 0 spiro atoms. The summed E-state index contributed by atoms with van der Waals surface area (Å²) >= 11 is 0. The standard InChI is InChI=1S/C18H19FN2O3S/c1-21(18-9-4-15(19)12-14(18)13-20)10-3-11-24-16-5-7-17(8-6-16)25(2,22)23/h4-9,12H,3,10-11H2,1-2H3. The van der Waals surface area contributed by atoms with Crippen molar-refractivity contribution in [2.45, 2.75) is 11.3 Å². The third-order valence-electron chi connectivity index (χ3n) is 3.65. The highest BCUT2D eigenvalue weighted by molar-refractivity contribution is 7.90. The number of sulfone groups is 1. The van der Waals surface area contributed by atoms with E-state index in [2.05, 4.69) is 0 Å². The van der Waals surface area contributed by atoms with Crippen molar-refractivity contribution >= 4 is 15.5 Å². The quantitative estimate of drug-likeness (QED) is 0.708. The third-order valence-corrected chi connectivity index (χ3v) is 4.78. The van der Waals surface area contributed by atoms with Gasteiger partial charge in [0, 0.05) is 19.8 Å². The summed E-state index contributed by atoms with van der Waals surface area (Å²) in [5, 5.41) is 9.08. The maximum atomic E-state index is 13.2. The Morgan fingerprint density at radius 3 is 2.48 bits per heavy atom. The molecule has 0 unspecified atom stereocenters. The van der Waals surface area contributed by atoms with Gasteiger partial charge in [-0.05, 0) is 48.9 Å². The van der Waals surface area contributed by atoms with E-state index in [0.717, 1.165) is 6.26 Å². The highest BCUT2D eigenvalue weighted by Crippen LogP contribution is 2.20. The molecule has 0 saturated heterocycles. The summed E-state index contributed by atoms with van der Waals surface area (Å²) in [7, 11) is -1.38. The van der Waals surface area contributed by atoms with Crippen LogP contribution in [-0.4, -0.2) is 34.9 Å². The van der Waals surface area contributed by atoms with E-state index in [1.165, 1.54) is 24.3 Å². The summed E-state index contributed by atoms with van der Waals surface area (Å²) in [6, 6.07) is 12.4. The monoisotopic (exact) mass is 362 g/mol. The number of halogens is 1. The molecule has 0 aliphatic carbocycles. The van der Waals surface area contributed by atoms with Crippen molar-refractivity contribution in [3.8, 4) is 11.8 Å². The van der Waals surface area contributed by atoms with E-state index in [1.54, 1.807) is 18.2 Å². The van der Waals surface area contributed by atoms with Crippen molar-refractivity contribution < 1.29 is 17.5 Å². The Morgan fingerprint density at radius 2 is 1.88 bits per heavy atom. The molecule has 0 N–H and O–H groups in total. The summed E-state index contributed by atoms with van der Waals surface area (Å²) in [6.07, 6.45) is 1.84. The fraction of sp³-hybridized carbons (Fsp3) is 0.278. The second-order valence-electron chi connectivity index (χ2n) is 5.64. The zero-order valence-electron chi connectivity index (χ0n) is 14.1. The molecule has 0 amide bonds. The molecule has 7 heteroatoms.